The van der Waals surface area contributed by atoms with Crippen molar-refractivity contribution >= 4 is 0 Å². The van der Waals surface area contributed by atoms with Crippen molar-refractivity contribution < 1.29 is 5.11 Å². The number of aliphatic hydroxyl groups is 1. The van der Waals surface area contributed by atoms with Gasteiger partial charge in [-0.15, -0.1) is 0 Å². The van der Waals surface area contributed by atoms with Gasteiger partial charge in [0.25, 0.3) is 0 Å². The molecule has 0 spiro atoms. The van der Waals surface area contributed by atoms with Crippen molar-refractivity contribution in [3.05, 3.63) is 34.8 Å². The molecular formula is C12H19NO. The van der Waals surface area contributed by atoms with Crippen LogP contribution in [0.3, 0.4) is 0 Å². The van der Waals surface area contributed by atoms with Gasteiger partial charge in [0.05, 0.1) is 0 Å². The van der Waals surface area contributed by atoms with Gasteiger partial charge >= 0.3 is 0 Å². The van der Waals surface area contributed by atoms with Crippen molar-refractivity contribution in [1.82, 2.24) is 0 Å². The lowest BCUT2D eigenvalue weighted by molar-refractivity contribution is 0.400. The van der Waals surface area contributed by atoms with E-state index in [-0.39, 0.29) is 5.88 Å². The average molecular weight is 193 g/mol. The topological polar surface area (TPSA) is 46.2 Å². The van der Waals surface area contributed by atoms with Crippen LogP contribution in [0.5, 0.6) is 0 Å². The van der Waals surface area contributed by atoms with Crippen molar-refractivity contribution in [2.24, 2.45) is 17.6 Å². The zero-order chi connectivity index (χ0) is 10.9. The first kappa shape index (κ1) is 10.9. The highest BCUT2D eigenvalue weighted by Crippen LogP contribution is 2.34. The second kappa shape index (κ2) is 3.91. The van der Waals surface area contributed by atoms with Gasteiger partial charge in [-0.25, -0.2) is 0 Å². The Bertz CT molecular complexity index is 315. The first-order valence-electron chi connectivity index (χ1n) is 5.06. The first-order chi connectivity index (χ1) is 6.45. The van der Waals surface area contributed by atoms with Crippen LogP contribution in [-0.4, -0.2) is 5.11 Å². The van der Waals surface area contributed by atoms with Crippen molar-refractivity contribution in [3.8, 4) is 0 Å². The van der Waals surface area contributed by atoms with E-state index in [1.807, 2.05) is 6.08 Å². The molecule has 0 amide bonds. The zero-order valence-electron chi connectivity index (χ0n) is 9.33. The standard InChI is InChI=1S/C12H19NO/c1-7(2)9-5-6-10(12(13)14)11(9)8(3)4/h5-8,14H,13H2,1-4H3/b12-10-. The summed E-state index contributed by atoms with van der Waals surface area (Å²) in [5, 5.41) is 9.34. The number of hydrogen-bond acceptors (Lipinski definition) is 2. The van der Waals surface area contributed by atoms with Gasteiger partial charge in [0.15, 0.2) is 5.88 Å². The normalized spacial score (nSPS) is 20.1. The van der Waals surface area contributed by atoms with E-state index in [0.29, 0.717) is 11.8 Å². The van der Waals surface area contributed by atoms with Gasteiger partial charge in [-0.1, -0.05) is 33.8 Å². The van der Waals surface area contributed by atoms with Gasteiger partial charge < -0.3 is 10.8 Å². The van der Waals surface area contributed by atoms with Crippen LogP contribution in [-0.2, 0) is 0 Å². The highest BCUT2D eigenvalue weighted by molar-refractivity contribution is 5.55. The summed E-state index contributed by atoms with van der Waals surface area (Å²) in [6.45, 7) is 8.54. The van der Waals surface area contributed by atoms with Crippen LogP contribution in [0.25, 0.3) is 0 Å². The van der Waals surface area contributed by atoms with Crippen molar-refractivity contribution in [3.63, 3.8) is 0 Å². The van der Waals surface area contributed by atoms with Gasteiger partial charge in [0.2, 0.25) is 0 Å². The number of rotatable bonds is 2. The maximum Gasteiger partial charge on any atom is 0.189 e. The fourth-order valence-electron chi connectivity index (χ4n) is 1.88. The van der Waals surface area contributed by atoms with Gasteiger partial charge in [-0.05, 0) is 29.1 Å². The van der Waals surface area contributed by atoms with E-state index in [2.05, 4.69) is 33.8 Å². The Hall–Kier alpha value is -1.18. The molecule has 0 heterocycles. The number of aliphatic hydroxyl groups excluding tert-OH is 1. The third-order valence-corrected chi connectivity index (χ3v) is 2.51. The van der Waals surface area contributed by atoms with Crippen molar-refractivity contribution in [1.29, 1.82) is 0 Å². The number of nitrogens with two attached hydrogens (primary N) is 1. The molecule has 1 rings (SSSR count). The molecule has 0 aromatic carbocycles. The lowest BCUT2D eigenvalue weighted by Crippen LogP contribution is -2.06. The Labute approximate surface area is 85.8 Å². The molecule has 0 saturated heterocycles. The van der Waals surface area contributed by atoms with Crippen LogP contribution >= 0.6 is 0 Å². The minimum absolute atomic E-state index is 0.0689. The molecule has 1 aliphatic carbocycles. The Morgan fingerprint density at radius 1 is 1.14 bits per heavy atom. The fraction of sp³-hybridized carbons (Fsp3) is 0.500. The quantitative estimate of drug-likeness (QED) is 0.662. The third kappa shape index (κ3) is 1.84. The first-order valence-corrected chi connectivity index (χ1v) is 5.06. The third-order valence-electron chi connectivity index (χ3n) is 2.51. The maximum absolute atomic E-state index is 9.34. The Kier molecular flexibility index (Phi) is 3.04. The molecule has 0 fully saturated rings. The lowest BCUT2D eigenvalue weighted by atomic mass is 9.90. The minimum Gasteiger partial charge on any atom is -0.495 e. The van der Waals surface area contributed by atoms with Crippen molar-refractivity contribution in [2.45, 2.75) is 27.7 Å². The molecule has 0 radical (unpaired) electrons. The van der Waals surface area contributed by atoms with Gasteiger partial charge in [-0.2, -0.15) is 0 Å². The molecule has 78 valence electrons. The van der Waals surface area contributed by atoms with E-state index in [1.54, 1.807) is 0 Å². The molecule has 0 atom stereocenters. The minimum atomic E-state index is -0.0689. The Morgan fingerprint density at radius 2 is 1.71 bits per heavy atom. The van der Waals surface area contributed by atoms with Gasteiger partial charge in [0.1, 0.15) is 0 Å². The van der Waals surface area contributed by atoms with Crippen LogP contribution in [0.1, 0.15) is 27.7 Å². The van der Waals surface area contributed by atoms with E-state index in [0.717, 1.165) is 5.57 Å². The highest BCUT2D eigenvalue weighted by Gasteiger charge is 2.21. The van der Waals surface area contributed by atoms with Crippen LogP contribution in [0, 0.1) is 11.8 Å². The van der Waals surface area contributed by atoms with Crippen LogP contribution in [0.4, 0.5) is 0 Å². The molecule has 14 heavy (non-hydrogen) atoms. The van der Waals surface area contributed by atoms with E-state index < -0.39 is 0 Å². The predicted octanol–water partition coefficient (Wildman–Crippen LogP) is 2.89. The summed E-state index contributed by atoms with van der Waals surface area (Å²) in [7, 11) is 0. The lowest BCUT2D eigenvalue weighted by Gasteiger charge is -2.15. The summed E-state index contributed by atoms with van der Waals surface area (Å²) in [6.07, 6.45) is 3.96. The monoisotopic (exact) mass is 193 g/mol. The molecule has 3 N–H and O–H groups in total. The molecule has 0 saturated carbocycles. The molecule has 2 nitrogen and oxygen atoms in total. The summed E-state index contributed by atoms with van der Waals surface area (Å²) in [5.74, 6) is 0.796. The summed E-state index contributed by atoms with van der Waals surface area (Å²) in [6, 6.07) is 0. The second-order valence-corrected chi connectivity index (χ2v) is 4.31. The van der Waals surface area contributed by atoms with E-state index in [9.17, 15) is 5.11 Å². The molecule has 0 bridgehead atoms. The highest BCUT2D eigenvalue weighted by atomic mass is 16.3. The Balaban J connectivity index is 3.23. The maximum atomic E-state index is 9.34. The van der Waals surface area contributed by atoms with E-state index in [1.165, 1.54) is 11.1 Å². The summed E-state index contributed by atoms with van der Waals surface area (Å²) < 4.78 is 0. The van der Waals surface area contributed by atoms with Gasteiger partial charge in [-0.3, -0.25) is 0 Å². The molecule has 0 aromatic heterocycles. The zero-order valence-corrected chi connectivity index (χ0v) is 9.33. The SMILES string of the molecule is CC(C)C1=C(C(C)C)/C(=C(/N)O)C=C1. The Morgan fingerprint density at radius 3 is 2.07 bits per heavy atom. The molecule has 0 aromatic rings. The number of hydrogen-bond donors (Lipinski definition) is 2. The van der Waals surface area contributed by atoms with E-state index >= 15 is 0 Å². The van der Waals surface area contributed by atoms with Crippen LogP contribution < -0.4 is 5.73 Å². The summed E-state index contributed by atoms with van der Waals surface area (Å²) in [5.41, 5.74) is 8.70. The van der Waals surface area contributed by atoms with Crippen LogP contribution in [0.2, 0.25) is 0 Å². The molecule has 0 aliphatic heterocycles. The van der Waals surface area contributed by atoms with Crippen molar-refractivity contribution in [2.75, 3.05) is 0 Å². The van der Waals surface area contributed by atoms with E-state index in [4.69, 9.17) is 5.73 Å². The smallest absolute Gasteiger partial charge is 0.189 e. The predicted molar refractivity (Wildman–Crippen MR) is 59.7 cm³/mol. The average Bonchev–Trinajstić information content (AvgIpc) is 2.46. The number of allylic oxidation sites excluding steroid dienone is 5. The second-order valence-electron chi connectivity index (χ2n) is 4.31. The molecular weight excluding hydrogens is 174 g/mol. The van der Waals surface area contributed by atoms with Crippen LogP contribution in [0.15, 0.2) is 34.8 Å². The largest absolute Gasteiger partial charge is 0.495 e. The summed E-state index contributed by atoms with van der Waals surface area (Å²) in [4.78, 5) is 0. The molecule has 2 heteroatoms. The molecule has 0 unspecified atom stereocenters. The van der Waals surface area contributed by atoms with Gasteiger partial charge in [0, 0.05) is 5.57 Å². The fourth-order valence-corrected chi connectivity index (χ4v) is 1.88. The molecule has 1 aliphatic rings. The summed E-state index contributed by atoms with van der Waals surface area (Å²) >= 11 is 0.